The van der Waals surface area contributed by atoms with E-state index in [1.165, 1.54) is 18.6 Å². The lowest BCUT2D eigenvalue weighted by atomic mass is 9.84. The molecule has 3 aromatic rings. The Balaban J connectivity index is 1.56. The standard InChI is InChI=1S/C34H35F4NO2/c1-22-28(6-3-8-31(22)34(36,37)38)30-7-2-5-26-20-27(33(40)41)13-14-29(26)32(30)25-11-9-23(10-12-25)19-24-15-18-39(21-24)17-4-16-35/h3,6,8-14,20,24H,2,4-5,7,15-19,21H2,1H3,(H,40,41). The Labute approximate surface area is 238 Å². The number of aryl methyl sites for hydroxylation is 1. The highest BCUT2D eigenvalue weighted by molar-refractivity contribution is 6.01. The smallest absolute Gasteiger partial charge is 0.416 e. The normalized spacial score (nSPS) is 17.9. The average Bonchev–Trinajstić information content (AvgIpc) is 3.30. The van der Waals surface area contributed by atoms with Crippen LogP contribution in [0.4, 0.5) is 17.6 Å². The van der Waals surface area contributed by atoms with Crippen molar-refractivity contribution in [2.45, 2.75) is 51.6 Å². The molecule has 41 heavy (non-hydrogen) atoms. The van der Waals surface area contributed by atoms with Crippen LogP contribution >= 0.6 is 0 Å². The number of hydrogen-bond acceptors (Lipinski definition) is 2. The van der Waals surface area contributed by atoms with Gasteiger partial charge in [0.15, 0.2) is 0 Å². The molecule has 0 bridgehead atoms. The Morgan fingerprint density at radius 2 is 1.80 bits per heavy atom. The van der Waals surface area contributed by atoms with Crippen molar-refractivity contribution >= 4 is 17.1 Å². The first-order valence-electron chi connectivity index (χ1n) is 14.3. The Hall–Kier alpha value is -3.45. The Morgan fingerprint density at radius 1 is 1.02 bits per heavy atom. The number of carboxylic acids is 1. The monoisotopic (exact) mass is 565 g/mol. The molecule has 0 radical (unpaired) electrons. The molecule has 1 unspecified atom stereocenters. The molecule has 1 aliphatic carbocycles. The summed E-state index contributed by atoms with van der Waals surface area (Å²) < 4.78 is 54.2. The first-order valence-corrected chi connectivity index (χ1v) is 14.3. The summed E-state index contributed by atoms with van der Waals surface area (Å²) in [6, 6.07) is 17.7. The Morgan fingerprint density at radius 3 is 2.51 bits per heavy atom. The number of carboxylic acid groups (broad SMARTS) is 1. The SMILES string of the molecule is Cc1c(C2=C(c3ccc(CC4CCN(CCCF)C4)cc3)c3ccc(C(=O)O)cc3CCC2)cccc1C(F)(F)F. The number of allylic oxidation sites excluding steroid dienone is 1. The number of fused-ring (bicyclic) bond motifs is 1. The molecule has 0 aromatic heterocycles. The van der Waals surface area contributed by atoms with Gasteiger partial charge in [-0.2, -0.15) is 13.2 Å². The first-order chi connectivity index (χ1) is 19.7. The van der Waals surface area contributed by atoms with Crippen molar-refractivity contribution in [3.8, 4) is 0 Å². The summed E-state index contributed by atoms with van der Waals surface area (Å²) >= 11 is 0. The highest BCUT2D eigenvalue weighted by Gasteiger charge is 2.34. The lowest BCUT2D eigenvalue weighted by molar-refractivity contribution is -0.138. The van der Waals surface area contributed by atoms with Crippen LogP contribution in [0.5, 0.6) is 0 Å². The first kappa shape index (κ1) is 29.1. The van der Waals surface area contributed by atoms with Gasteiger partial charge in [-0.05, 0) is 121 Å². The fourth-order valence-electron chi connectivity index (χ4n) is 6.50. The van der Waals surface area contributed by atoms with E-state index in [2.05, 4.69) is 17.0 Å². The van der Waals surface area contributed by atoms with E-state index < -0.39 is 17.7 Å². The van der Waals surface area contributed by atoms with Gasteiger partial charge < -0.3 is 10.0 Å². The summed E-state index contributed by atoms with van der Waals surface area (Å²) in [6.45, 7) is 3.99. The van der Waals surface area contributed by atoms with Gasteiger partial charge in [0.25, 0.3) is 0 Å². The van der Waals surface area contributed by atoms with E-state index in [4.69, 9.17) is 0 Å². The molecule has 1 N–H and O–H groups in total. The number of rotatable bonds is 8. The second-order valence-corrected chi connectivity index (χ2v) is 11.3. The number of aromatic carboxylic acids is 1. The summed E-state index contributed by atoms with van der Waals surface area (Å²) in [7, 11) is 0. The van der Waals surface area contributed by atoms with E-state index in [1.54, 1.807) is 24.3 Å². The molecule has 0 saturated carbocycles. The van der Waals surface area contributed by atoms with Gasteiger partial charge in [-0.1, -0.05) is 42.5 Å². The molecule has 5 rings (SSSR count). The molecule has 7 heteroatoms. The van der Waals surface area contributed by atoms with Gasteiger partial charge in [0, 0.05) is 13.1 Å². The molecule has 0 amide bonds. The maximum atomic E-state index is 13.9. The number of benzene rings is 3. The fraction of sp³-hybridized carbons (Fsp3) is 0.382. The van der Waals surface area contributed by atoms with Gasteiger partial charge in [0.2, 0.25) is 0 Å². The van der Waals surface area contributed by atoms with Gasteiger partial charge in [-0.25, -0.2) is 4.79 Å². The topological polar surface area (TPSA) is 40.5 Å². The molecule has 1 aliphatic heterocycles. The zero-order chi connectivity index (χ0) is 29.1. The molecule has 2 aliphatic rings. The second-order valence-electron chi connectivity index (χ2n) is 11.3. The minimum atomic E-state index is -4.46. The Kier molecular flexibility index (Phi) is 8.64. The van der Waals surface area contributed by atoms with Gasteiger partial charge in [-0.3, -0.25) is 4.39 Å². The molecule has 1 saturated heterocycles. The van der Waals surface area contributed by atoms with Crippen molar-refractivity contribution in [2.24, 2.45) is 5.92 Å². The van der Waals surface area contributed by atoms with Crippen LogP contribution in [-0.4, -0.2) is 42.3 Å². The summed E-state index contributed by atoms with van der Waals surface area (Å²) in [6.07, 6.45) is 0.0282. The summed E-state index contributed by atoms with van der Waals surface area (Å²) in [5, 5.41) is 9.58. The van der Waals surface area contributed by atoms with Crippen LogP contribution in [0, 0.1) is 12.8 Å². The third kappa shape index (κ3) is 6.40. The molecule has 3 aromatic carbocycles. The van der Waals surface area contributed by atoms with Gasteiger partial charge in [0.05, 0.1) is 17.8 Å². The molecule has 1 heterocycles. The lowest BCUT2D eigenvalue weighted by Crippen LogP contribution is -2.22. The number of halogens is 4. The Bertz CT molecular complexity index is 1440. The highest BCUT2D eigenvalue weighted by Crippen LogP contribution is 2.43. The van der Waals surface area contributed by atoms with Crippen molar-refractivity contribution in [2.75, 3.05) is 26.3 Å². The van der Waals surface area contributed by atoms with Crippen LogP contribution in [0.2, 0.25) is 0 Å². The van der Waals surface area contributed by atoms with E-state index in [-0.39, 0.29) is 17.8 Å². The van der Waals surface area contributed by atoms with Crippen molar-refractivity contribution in [1.82, 2.24) is 4.90 Å². The van der Waals surface area contributed by atoms with Crippen molar-refractivity contribution in [3.63, 3.8) is 0 Å². The van der Waals surface area contributed by atoms with E-state index >= 15 is 0 Å². The molecular weight excluding hydrogens is 530 g/mol. The quantitative estimate of drug-likeness (QED) is 0.280. The summed E-state index contributed by atoms with van der Waals surface area (Å²) in [5.41, 5.74) is 5.91. The maximum absolute atomic E-state index is 13.9. The van der Waals surface area contributed by atoms with Crippen LogP contribution in [-0.2, 0) is 19.0 Å². The van der Waals surface area contributed by atoms with E-state index in [9.17, 15) is 27.5 Å². The van der Waals surface area contributed by atoms with Crippen molar-refractivity contribution < 1.29 is 27.5 Å². The molecular formula is C34H35F4NO2. The van der Waals surface area contributed by atoms with E-state index in [0.717, 1.165) is 66.4 Å². The van der Waals surface area contributed by atoms with Crippen molar-refractivity contribution in [3.05, 3.63) is 105 Å². The number of hydrogen-bond donors (Lipinski definition) is 1. The summed E-state index contributed by atoms with van der Waals surface area (Å²) in [4.78, 5) is 14.0. The molecule has 1 atom stereocenters. The predicted molar refractivity (Wildman–Crippen MR) is 154 cm³/mol. The fourth-order valence-corrected chi connectivity index (χ4v) is 6.50. The number of likely N-dealkylation sites (tertiary alicyclic amines) is 1. The van der Waals surface area contributed by atoms with Crippen LogP contribution < -0.4 is 0 Å². The molecule has 1 fully saturated rings. The number of nitrogens with zero attached hydrogens (tertiary/aromatic N) is 1. The van der Waals surface area contributed by atoms with Crippen LogP contribution in [0.3, 0.4) is 0 Å². The van der Waals surface area contributed by atoms with E-state index in [1.807, 2.05) is 12.1 Å². The zero-order valence-corrected chi connectivity index (χ0v) is 23.2. The third-order valence-electron chi connectivity index (χ3n) is 8.51. The van der Waals surface area contributed by atoms with Gasteiger partial charge in [-0.15, -0.1) is 0 Å². The lowest BCUT2D eigenvalue weighted by Gasteiger charge is -2.20. The van der Waals surface area contributed by atoms with Gasteiger partial charge in [0.1, 0.15) is 0 Å². The largest absolute Gasteiger partial charge is 0.478 e. The van der Waals surface area contributed by atoms with Crippen LogP contribution in [0.15, 0.2) is 60.7 Å². The molecule has 3 nitrogen and oxygen atoms in total. The number of alkyl halides is 4. The minimum Gasteiger partial charge on any atom is -0.478 e. The number of carbonyl (C=O) groups is 1. The third-order valence-corrected chi connectivity index (χ3v) is 8.51. The van der Waals surface area contributed by atoms with Crippen LogP contribution in [0.1, 0.15) is 75.0 Å². The summed E-state index contributed by atoms with van der Waals surface area (Å²) in [5.74, 6) is -0.493. The van der Waals surface area contributed by atoms with Crippen LogP contribution in [0.25, 0.3) is 11.1 Å². The second kappa shape index (κ2) is 12.2. The molecule has 216 valence electrons. The maximum Gasteiger partial charge on any atom is 0.416 e. The highest BCUT2D eigenvalue weighted by atomic mass is 19.4. The zero-order valence-electron chi connectivity index (χ0n) is 23.2. The van der Waals surface area contributed by atoms with E-state index in [0.29, 0.717) is 37.2 Å². The molecule has 0 spiro atoms. The van der Waals surface area contributed by atoms with Gasteiger partial charge >= 0.3 is 12.1 Å². The van der Waals surface area contributed by atoms with Crippen molar-refractivity contribution in [1.29, 1.82) is 0 Å². The predicted octanol–water partition coefficient (Wildman–Crippen LogP) is 8.23. The minimum absolute atomic E-state index is 0.202. The average molecular weight is 566 g/mol.